The summed E-state index contributed by atoms with van der Waals surface area (Å²) in [7, 11) is 2.08. The van der Waals surface area contributed by atoms with Gasteiger partial charge in [0.25, 0.3) is 0 Å². The first-order valence-electron chi connectivity index (χ1n) is 8.04. The maximum Gasteiger partial charge on any atom is 0.128 e. The number of nitrogens with zero attached hydrogens (tertiary/aromatic N) is 4. The highest BCUT2D eigenvalue weighted by molar-refractivity contribution is 7.09. The van der Waals surface area contributed by atoms with Gasteiger partial charge >= 0.3 is 0 Å². The Kier molecular flexibility index (Phi) is 5.25. The van der Waals surface area contributed by atoms with Gasteiger partial charge in [0, 0.05) is 50.5 Å². The summed E-state index contributed by atoms with van der Waals surface area (Å²) in [5, 5.41) is 3.08. The number of morpholine rings is 1. The predicted molar refractivity (Wildman–Crippen MR) is 93.9 cm³/mol. The Balaban J connectivity index is 1.60. The van der Waals surface area contributed by atoms with E-state index in [-0.39, 0.29) is 6.10 Å². The summed E-state index contributed by atoms with van der Waals surface area (Å²) in [5.74, 6) is 1.02. The molecule has 0 bridgehead atoms. The molecule has 0 amide bonds. The molecule has 0 radical (unpaired) electrons. The van der Waals surface area contributed by atoms with Crippen LogP contribution in [-0.4, -0.2) is 47.7 Å². The zero-order valence-corrected chi connectivity index (χ0v) is 14.8. The van der Waals surface area contributed by atoms with Crippen molar-refractivity contribution in [1.29, 1.82) is 0 Å². The molecule has 3 heterocycles. The molecule has 0 spiro atoms. The fourth-order valence-corrected chi connectivity index (χ4v) is 3.31. The van der Waals surface area contributed by atoms with E-state index >= 15 is 0 Å². The molecule has 1 saturated heterocycles. The standard InChI is InChI=1S/C17H24N4OS/c1-13(2)20(3)16-5-4-14(10-19-16)11-21-7-8-22-15(12-21)17-18-6-9-23-17/h4-6,9-10,13,15H,7-8,11-12H2,1-3H3. The van der Waals surface area contributed by atoms with Crippen molar-refractivity contribution in [3.8, 4) is 0 Å². The van der Waals surface area contributed by atoms with Crippen molar-refractivity contribution >= 4 is 17.2 Å². The normalized spacial score (nSPS) is 19.2. The third-order valence-corrected chi connectivity index (χ3v) is 5.10. The monoisotopic (exact) mass is 332 g/mol. The van der Waals surface area contributed by atoms with Crippen LogP contribution in [0.25, 0.3) is 0 Å². The number of hydrogen-bond acceptors (Lipinski definition) is 6. The first kappa shape index (κ1) is 16.4. The summed E-state index contributed by atoms with van der Waals surface area (Å²) in [6.45, 7) is 7.84. The molecule has 0 N–H and O–H groups in total. The van der Waals surface area contributed by atoms with Crippen molar-refractivity contribution in [2.45, 2.75) is 32.5 Å². The van der Waals surface area contributed by atoms with Crippen molar-refractivity contribution in [3.63, 3.8) is 0 Å². The molecule has 1 atom stereocenters. The third-order valence-electron chi connectivity index (χ3n) is 4.23. The van der Waals surface area contributed by atoms with Gasteiger partial charge in [0.15, 0.2) is 0 Å². The second-order valence-corrected chi connectivity index (χ2v) is 7.12. The minimum atomic E-state index is 0.100. The Morgan fingerprint density at radius 3 is 2.91 bits per heavy atom. The molecular formula is C17H24N4OS. The quantitative estimate of drug-likeness (QED) is 0.842. The van der Waals surface area contributed by atoms with E-state index in [0.717, 1.165) is 37.1 Å². The molecule has 0 aromatic carbocycles. The zero-order chi connectivity index (χ0) is 16.2. The summed E-state index contributed by atoms with van der Waals surface area (Å²) in [4.78, 5) is 13.6. The van der Waals surface area contributed by atoms with Gasteiger partial charge in [-0.2, -0.15) is 0 Å². The van der Waals surface area contributed by atoms with Crippen LogP contribution in [0.15, 0.2) is 29.9 Å². The van der Waals surface area contributed by atoms with Gasteiger partial charge in [-0.3, -0.25) is 4.90 Å². The van der Waals surface area contributed by atoms with E-state index in [4.69, 9.17) is 4.74 Å². The van der Waals surface area contributed by atoms with Gasteiger partial charge in [-0.05, 0) is 25.5 Å². The van der Waals surface area contributed by atoms with Crippen LogP contribution in [0.1, 0.15) is 30.5 Å². The van der Waals surface area contributed by atoms with Crippen LogP contribution in [0.3, 0.4) is 0 Å². The van der Waals surface area contributed by atoms with Crippen molar-refractivity contribution in [3.05, 3.63) is 40.5 Å². The Morgan fingerprint density at radius 2 is 2.26 bits per heavy atom. The lowest BCUT2D eigenvalue weighted by molar-refractivity contribution is -0.0330. The van der Waals surface area contributed by atoms with E-state index < -0.39 is 0 Å². The lowest BCUT2D eigenvalue weighted by Gasteiger charge is -2.32. The Hall–Kier alpha value is -1.50. The number of hydrogen-bond donors (Lipinski definition) is 0. The fraction of sp³-hybridized carbons (Fsp3) is 0.529. The maximum atomic E-state index is 5.85. The molecule has 2 aromatic heterocycles. The molecule has 1 unspecified atom stereocenters. The highest BCUT2D eigenvalue weighted by Gasteiger charge is 2.23. The van der Waals surface area contributed by atoms with Gasteiger partial charge in [-0.25, -0.2) is 9.97 Å². The van der Waals surface area contributed by atoms with Gasteiger partial charge in [-0.1, -0.05) is 6.07 Å². The van der Waals surface area contributed by atoms with Crippen molar-refractivity contribution in [2.75, 3.05) is 31.6 Å². The van der Waals surface area contributed by atoms with E-state index in [1.54, 1.807) is 11.3 Å². The molecule has 5 nitrogen and oxygen atoms in total. The summed E-state index contributed by atoms with van der Waals surface area (Å²) in [6.07, 6.45) is 3.93. The van der Waals surface area contributed by atoms with Crippen LogP contribution in [-0.2, 0) is 11.3 Å². The van der Waals surface area contributed by atoms with Crippen molar-refractivity contribution in [1.82, 2.24) is 14.9 Å². The number of aromatic nitrogens is 2. The lowest BCUT2D eigenvalue weighted by atomic mass is 10.2. The number of pyridine rings is 1. The van der Waals surface area contributed by atoms with Gasteiger partial charge in [0.2, 0.25) is 0 Å². The zero-order valence-electron chi connectivity index (χ0n) is 14.0. The fourth-order valence-electron chi connectivity index (χ4n) is 2.63. The molecule has 3 rings (SSSR count). The second-order valence-electron chi connectivity index (χ2n) is 6.19. The number of anilines is 1. The molecule has 1 fully saturated rings. The van der Waals surface area contributed by atoms with Crippen LogP contribution < -0.4 is 4.90 Å². The first-order chi connectivity index (χ1) is 11.1. The number of thiazole rings is 1. The molecule has 1 aliphatic heterocycles. The topological polar surface area (TPSA) is 41.5 Å². The molecular weight excluding hydrogens is 308 g/mol. The second kappa shape index (κ2) is 7.38. The number of ether oxygens (including phenoxy) is 1. The minimum Gasteiger partial charge on any atom is -0.368 e. The van der Waals surface area contributed by atoms with Crippen LogP contribution in [0, 0.1) is 0 Å². The van der Waals surface area contributed by atoms with Gasteiger partial charge in [0.1, 0.15) is 16.9 Å². The molecule has 0 aliphatic carbocycles. The molecule has 1 aliphatic rings. The average molecular weight is 332 g/mol. The van der Waals surface area contributed by atoms with Gasteiger partial charge in [0.05, 0.1) is 6.61 Å². The Morgan fingerprint density at radius 1 is 1.39 bits per heavy atom. The van der Waals surface area contributed by atoms with Gasteiger partial charge in [-0.15, -0.1) is 11.3 Å². The predicted octanol–water partition coefficient (Wildman–Crippen LogP) is 2.96. The SMILES string of the molecule is CC(C)N(C)c1ccc(CN2CCOC(c3nccs3)C2)cn1. The van der Waals surface area contributed by atoms with Crippen LogP contribution in [0.4, 0.5) is 5.82 Å². The van der Waals surface area contributed by atoms with Crippen LogP contribution in [0.5, 0.6) is 0 Å². The van der Waals surface area contributed by atoms with E-state index in [1.165, 1.54) is 5.56 Å². The maximum absolute atomic E-state index is 5.85. The smallest absolute Gasteiger partial charge is 0.128 e. The highest BCUT2D eigenvalue weighted by Crippen LogP contribution is 2.24. The third kappa shape index (κ3) is 4.07. The first-order valence-corrected chi connectivity index (χ1v) is 8.92. The van der Waals surface area contributed by atoms with Gasteiger partial charge < -0.3 is 9.64 Å². The molecule has 2 aromatic rings. The summed E-state index contributed by atoms with van der Waals surface area (Å²) in [5.41, 5.74) is 1.24. The van der Waals surface area contributed by atoms with Crippen molar-refractivity contribution in [2.24, 2.45) is 0 Å². The van der Waals surface area contributed by atoms with Crippen molar-refractivity contribution < 1.29 is 4.74 Å². The Labute approximate surface area is 141 Å². The molecule has 6 heteroatoms. The Bertz CT molecular complexity index is 600. The number of rotatable bonds is 5. The van der Waals surface area contributed by atoms with Crippen LogP contribution >= 0.6 is 11.3 Å². The summed E-state index contributed by atoms with van der Waals surface area (Å²) in [6, 6.07) is 4.73. The van der Waals surface area contributed by atoms with E-state index in [2.05, 4.69) is 52.8 Å². The molecule has 124 valence electrons. The summed E-state index contributed by atoms with van der Waals surface area (Å²) < 4.78 is 5.85. The minimum absolute atomic E-state index is 0.100. The molecule has 23 heavy (non-hydrogen) atoms. The summed E-state index contributed by atoms with van der Waals surface area (Å²) >= 11 is 1.66. The highest BCUT2D eigenvalue weighted by atomic mass is 32.1. The largest absolute Gasteiger partial charge is 0.368 e. The van der Waals surface area contributed by atoms with E-state index in [1.807, 2.05) is 17.8 Å². The average Bonchev–Trinajstić information content (AvgIpc) is 3.10. The lowest BCUT2D eigenvalue weighted by Crippen LogP contribution is -2.37. The van der Waals surface area contributed by atoms with E-state index in [0.29, 0.717) is 6.04 Å². The molecule has 0 saturated carbocycles. The van der Waals surface area contributed by atoms with Crippen LogP contribution in [0.2, 0.25) is 0 Å². The van der Waals surface area contributed by atoms with E-state index in [9.17, 15) is 0 Å².